The molecule has 3 nitrogen and oxygen atoms in total. The maximum atomic E-state index is 11.0. The lowest BCUT2D eigenvalue weighted by molar-refractivity contribution is 0.112. The van der Waals surface area contributed by atoms with Gasteiger partial charge in [0.15, 0.2) is 6.29 Å². The molecule has 0 bridgehead atoms. The average Bonchev–Trinajstić information content (AvgIpc) is 2.72. The minimum atomic E-state index is 0.268. The van der Waals surface area contributed by atoms with Gasteiger partial charge in [0.2, 0.25) is 0 Å². The van der Waals surface area contributed by atoms with Crippen LogP contribution in [0, 0.1) is 6.92 Å². The normalized spacial score (nSPS) is 10.9. The molecule has 0 N–H and O–H groups in total. The van der Waals surface area contributed by atoms with Gasteiger partial charge in [0.1, 0.15) is 0 Å². The zero-order chi connectivity index (χ0) is 13.1. The highest BCUT2D eigenvalue weighted by atomic mass is 16.1. The zero-order valence-corrected chi connectivity index (χ0v) is 11.1. The van der Waals surface area contributed by atoms with Crippen molar-refractivity contribution < 1.29 is 4.79 Å². The van der Waals surface area contributed by atoms with Crippen LogP contribution in [0.15, 0.2) is 30.5 Å². The third-order valence-corrected chi connectivity index (χ3v) is 2.92. The summed E-state index contributed by atoms with van der Waals surface area (Å²) in [5.74, 6) is 0.268. The van der Waals surface area contributed by atoms with Crippen molar-refractivity contribution in [1.82, 2.24) is 9.78 Å². The van der Waals surface area contributed by atoms with Crippen LogP contribution in [0.4, 0.5) is 0 Å². The van der Waals surface area contributed by atoms with E-state index in [4.69, 9.17) is 0 Å². The summed E-state index contributed by atoms with van der Waals surface area (Å²) in [7, 11) is 0. The van der Waals surface area contributed by atoms with Gasteiger partial charge in [-0.2, -0.15) is 5.10 Å². The molecular weight excluding hydrogens is 224 g/mol. The molecule has 0 fully saturated rings. The number of hydrogen-bond donors (Lipinski definition) is 0. The van der Waals surface area contributed by atoms with Crippen LogP contribution in [-0.2, 0) is 6.54 Å². The van der Waals surface area contributed by atoms with E-state index in [-0.39, 0.29) is 5.92 Å². The minimum absolute atomic E-state index is 0.268. The van der Waals surface area contributed by atoms with E-state index in [1.54, 1.807) is 0 Å². The average molecular weight is 242 g/mol. The smallest absolute Gasteiger partial charge is 0.153 e. The van der Waals surface area contributed by atoms with Crippen molar-refractivity contribution in [2.75, 3.05) is 0 Å². The van der Waals surface area contributed by atoms with Crippen molar-refractivity contribution in [2.24, 2.45) is 0 Å². The Bertz CT molecular complexity index is 555. The van der Waals surface area contributed by atoms with Crippen molar-refractivity contribution in [3.63, 3.8) is 0 Å². The van der Waals surface area contributed by atoms with E-state index in [1.165, 1.54) is 11.1 Å². The number of rotatable bonds is 4. The number of benzene rings is 1. The molecule has 0 aliphatic heterocycles. The maximum absolute atomic E-state index is 11.0. The van der Waals surface area contributed by atoms with Gasteiger partial charge in [-0.15, -0.1) is 0 Å². The molecular formula is C15H18N2O. The Kier molecular flexibility index (Phi) is 3.60. The standard InChI is InChI=1S/C15H18N2O/c1-11(2)15-14(10-18)9-17(16-15)8-13-6-4-5-12(3)7-13/h4-7,9-11H,8H2,1-3H3. The summed E-state index contributed by atoms with van der Waals surface area (Å²) in [5, 5.41) is 4.49. The van der Waals surface area contributed by atoms with Crippen LogP contribution < -0.4 is 0 Å². The first-order valence-corrected chi connectivity index (χ1v) is 6.18. The van der Waals surface area contributed by atoms with Crippen LogP contribution in [-0.4, -0.2) is 16.1 Å². The van der Waals surface area contributed by atoms with Gasteiger partial charge in [0.05, 0.1) is 17.8 Å². The van der Waals surface area contributed by atoms with E-state index >= 15 is 0 Å². The highest BCUT2D eigenvalue weighted by molar-refractivity contribution is 5.76. The van der Waals surface area contributed by atoms with Crippen LogP contribution in [0.2, 0.25) is 0 Å². The number of hydrogen-bond acceptors (Lipinski definition) is 2. The Balaban J connectivity index is 2.27. The van der Waals surface area contributed by atoms with Gasteiger partial charge >= 0.3 is 0 Å². The molecule has 0 atom stereocenters. The van der Waals surface area contributed by atoms with Gasteiger partial charge in [0.25, 0.3) is 0 Å². The van der Waals surface area contributed by atoms with Crippen LogP contribution in [0.5, 0.6) is 0 Å². The summed E-state index contributed by atoms with van der Waals surface area (Å²) in [6.45, 7) is 6.87. The predicted octanol–water partition coefficient (Wildman–Crippen LogP) is 3.18. The SMILES string of the molecule is Cc1cccc(Cn2cc(C=O)c(C(C)C)n2)c1. The van der Waals surface area contributed by atoms with E-state index in [9.17, 15) is 4.79 Å². The molecule has 0 saturated carbocycles. The largest absolute Gasteiger partial charge is 0.298 e. The summed E-state index contributed by atoms with van der Waals surface area (Å²) in [4.78, 5) is 11.0. The van der Waals surface area contributed by atoms with Gasteiger partial charge in [-0.25, -0.2) is 0 Å². The van der Waals surface area contributed by atoms with E-state index in [2.05, 4.69) is 30.2 Å². The first-order chi connectivity index (χ1) is 8.60. The Labute approximate surface area is 107 Å². The Hall–Kier alpha value is -1.90. The van der Waals surface area contributed by atoms with Crippen LogP contribution >= 0.6 is 0 Å². The summed E-state index contributed by atoms with van der Waals surface area (Å²) >= 11 is 0. The minimum Gasteiger partial charge on any atom is -0.298 e. The zero-order valence-electron chi connectivity index (χ0n) is 11.1. The van der Waals surface area contributed by atoms with Crippen molar-refractivity contribution in [3.8, 4) is 0 Å². The molecule has 94 valence electrons. The molecule has 1 heterocycles. The molecule has 1 aromatic carbocycles. The third kappa shape index (κ3) is 2.67. The van der Waals surface area contributed by atoms with Crippen LogP contribution in [0.3, 0.4) is 0 Å². The maximum Gasteiger partial charge on any atom is 0.153 e. The summed E-state index contributed by atoms with van der Waals surface area (Å²) < 4.78 is 1.84. The molecule has 2 rings (SSSR count). The first kappa shape index (κ1) is 12.6. The lowest BCUT2D eigenvalue weighted by atomic mass is 10.1. The molecule has 0 aliphatic rings. The quantitative estimate of drug-likeness (QED) is 0.772. The van der Waals surface area contributed by atoms with Crippen LogP contribution in [0.25, 0.3) is 0 Å². The number of carbonyl (C=O) groups excluding carboxylic acids is 1. The second kappa shape index (κ2) is 5.17. The van der Waals surface area contributed by atoms with Gasteiger partial charge in [-0.3, -0.25) is 9.48 Å². The third-order valence-electron chi connectivity index (χ3n) is 2.92. The van der Waals surface area contributed by atoms with Crippen molar-refractivity contribution in [1.29, 1.82) is 0 Å². The molecule has 0 aliphatic carbocycles. The van der Waals surface area contributed by atoms with Crippen molar-refractivity contribution >= 4 is 6.29 Å². The molecule has 0 spiro atoms. The van der Waals surface area contributed by atoms with E-state index in [0.29, 0.717) is 12.1 Å². The van der Waals surface area contributed by atoms with E-state index < -0.39 is 0 Å². The molecule has 0 unspecified atom stereocenters. The Morgan fingerprint density at radius 2 is 2.17 bits per heavy atom. The van der Waals surface area contributed by atoms with Crippen molar-refractivity contribution in [3.05, 3.63) is 52.8 Å². The molecule has 1 aromatic heterocycles. The van der Waals surface area contributed by atoms with Crippen LogP contribution in [0.1, 0.15) is 46.9 Å². The number of aromatic nitrogens is 2. The molecule has 0 amide bonds. The van der Waals surface area contributed by atoms with Gasteiger partial charge < -0.3 is 0 Å². The number of carbonyl (C=O) groups is 1. The molecule has 0 radical (unpaired) electrons. The fourth-order valence-corrected chi connectivity index (χ4v) is 2.07. The highest BCUT2D eigenvalue weighted by Crippen LogP contribution is 2.16. The van der Waals surface area contributed by atoms with Gasteiger partial charge in [-0.05, 0) is 18.4 Å². The van der Waals surface area contributed by atoms with Gasteiger partial charge in [0, 0.05) is 6.20 Å². The number of aryl methyl sites for hydroxylation is 1. The predicted molar refractivity (Wildman–Crippen MR) is 72.0 cm³/mol. The lowest BCUT2D eigenvalue weighted by Crippen LogP contribution is -2.01. The number of aldehydes is 1. The lowest BCUT2D eigenvalue weighted by Gasteiger charge is -2.03. The molecule has 0 saturated heterocycles. The summed E-state index contributed by atoms with van der Waals surface area (Å²) in [6.07, 6.45) is 2.71. The molecule has 3 heteroatoms. The second-order valence-corrected chi connectivity index (χ2v) is 4.93. The molecule has 2 aromatic rings. The second-order valence-electron chi connectivity index (χ2n) is 4.93. The monoisotopic (exact) mass is 242 g/mol. The Morgan fingerprint density at radius 1 is 1.39 bits per heavy atom. The fourth-order valence-electron chi connectivity index (χ4n) is 2.07. The summed E-state index contributed by atoms with van der Waals surface area (Å²) in [5.41, 5.74) is 4.00. The highest BCUT2D eigenvalue weighted by Gasteiger charge is 2.11. The van der Waals surface area contributed by atoms with Gasteiger partial charge in [-0.1, -0.05) is 43.7 Å². The Morgan fingerprint density at radius 3 is 2.72 bits per heavy atom. The topological polar surface area (TPSA) is 34.9 Å². The number of nitrogens with zero attached hydrogens (tertiary/aromatic N) is 2. The van der Waals surface area contributed by atoms with E-state index in [0.717, 1.165) is 12.0 Å². The van der Waals surface area contributed by atoms with Crippen molar-refractivity contribution in [2.45, 2.75) is 33.2 Å². The molecule has 18 heavy (non-hydrogen) atoms. The summed E-state index contributed by atoms with van der Waals surface area (Å²) in [6, 6.07) is 8.32. The fraction of sp³-hybridized carbons (Fsp3) is 0.333. The first-order valence-electron chi connectivity index (χ1n) is 6.18. The van der Waals surface area contributed by atoms with E-state index in [1.807, 2.05) is 30.8 Å².